The van der Waals surface area contributed by atoms with Crippen LogP contribution in [0.25, 0.3) is 0 Å². The van der Waals surface area contributed by atoms with Gasteiger partial charge < -0.3 is 10.4 Å². The molecule has 1 amide bonds. The molecule has 1 saturated carbocycles. The van der Waals surface area contributed by atoms with Crippen LogP contribution in [0, 0.1) is 35.3 Å². The SMILES string of the molecule is O=C(O)[C@@H]1C2C=CC(C2)[C@@H]1C(=O)Nc1ccc(F)cc1F. The maximum absolute atomic E-state index is 13.6. The van der Waals surface area contributed by atoms with Crippen LogP contribution in [0.1, 0.15) is 6.42 Å². The number of carboxylic acid groups (broad SMARTS) is 1. The first-order valence-electron chi connectivity index (χ1n) is 6.64. The molecular weight excluding hydrogens is 280 g/mol. The smallest absolute Gasteiger partial charge is 0.307 e. The van der Waals surface area contributed by atoms with Crippen LogP contribution < -0.4 is 5.32 Å². The molecule has 0 radical (unpaired) electrons. The Bertz CT molecular complexity index is 644. The highest BCUT2D eigenvalue weighted by Gasteiger charge is 2.51. The second-order valence-corrected chi connectivity index (χ2v) is 5.45. The molecule has 2 N–H and O–H groups in total. The summed E-state index contributed by atoms with van der Waals surface area (Å²) >= 11 is 0. The van der Waals surface area contributed by atoms with E-state index in [1.807, 2.05) is 12.2 Å². The first-order chi connectivity index (χ1) is 9.97. The molecular formula is C15H13F2NO3. The average molecular weight is 293 g/mol. The van der Waals surface area contributed by atoms with Crippen molar-refractivity contribution in [2.75, 3.05) is 5.32 Å². The van der Waals surface area contributed by atoms with E-state index in [4.69, 9.17) is 0 Å². The zero-order valence-electron chi connectivity index (χ0n) is 10.9. The fourth-order valence-electron chi connectivity index (χ4n) is 3.32. The molecule has 4 atom stereocenters. The van der Waals surface area contributed by atoms with Crippen LogP contribution in [0.3, 0.4) is 0 Å². The normalized spacial score (nSPS) is 29.6. The molecule has 0 spiro atoms. The molecule has 6 heteroatoms. The first-order valence-corrected chi connectivity index (χ1v) is 6.64. The Kier molecular flexibility index (Phi) is 3.23. The van der Waals surface area contributed by atoms with Gasteiger partial charge in [-0.15, -0.1) is 0 Å². The third-order valence-electron chi connectivity index (χ3n) is 4.24. The van der Waals surface area contributed by atoms with Gasteiger partial charge in [-0.3, -0.25) is 9.59 Å². The zero-order valence-corrected chi connectivity index (χ0v) is 10.9. The molecule has 2 aliphatic carbocycles. The molecule has 2 aliphatic rings. The predicted octanol–water partition coefficient (Wildman–Crippen LogP) is 2.43. The molecule has 0 heterocycles. The minimum atomic E-state index is -1.02. The minimum absolute atomic E-state index is 0.139. The predicted molar refractivity (Wildman–Crippen MR) is 70.3 cm³/mol. The average Bonchev–Trinajstić information content (AvgIpc) is 3.02. The van der Waals surface area contributed by atoms with Crippen molar-refractivity contribution >= 4 is 17.6 Å². The van der Waals surface area contributed by atoms with Crippen LogP contribution in [0.4, 0.5) is 14.5 Å². The van der Waals surface area contributed by atoms with E-state index in [1.54, 1.807) is 0 Å². The van der Waals surface area contributed by atoms with E-state index in [0.29, 0.717) is 12.5 Å². The van der Waals surface area contributed by atoms with Gasteiger partial charge in [0.25, 0.3) is 0 Å². The number of carbonyl (C=O) groups excluding carboxylic acids is 1. The molecule has 3 rings (SSSR count). The Hall–Kier alpha value is -2.24. The lowest BCUT2D eigenvalue weighted by Gasteiger charge is -2.23. The highest BCUT2D eigenvalue weighted by atomic mass is 19.1. The second kappa shape index (κ2) is 4.95. The van der Waals surface area contributed by atoms with E-state index < -0.39 is 35.3 Å². The van der Waals surface area contributed by atoms with Crippen LogP contribution in [0.15, 0.2) is 30.4 Å². The van der Waals surface area contributed by atoms with Gasteiger partial charge in [0, 0.05) is 6.07 Å². The number of amides is 1. The van der Waals surface area contributed by atoms with Crippen molar-refractivity contribution in [2.45, 2.75) is 6.42 Å². The topological polar surface area (TPSA) is 66.4 Å². The fourth-order valence-corrected chi connectivity index (χ4v) is 3.32. The second-order valence-electron chi connectivity index (χ2n) is 5.45. The van der Waals surface area contributed by atoms with Crippen LogP contribution in [0.5, 0.6) is 0 Å². The Labute approximate surface area is 119 Å². The summed E-state index contributed by atoms with van der Waals surface area (Å²) in [5.41, 5.74) is -0.141. The lowest BCUT2D eigenvalue weighted by Crippen LogP contribution is -2.36. The van der Waals surface area contributed by atoms with Crippen LogP contribution in [-0.2, 0) is 9.59 Å². The Morgan fingerprint density at radius 1 is 1.14 bits per heavy atom. The van der Waals surface area contributed by atoms with Crippen molar-refractivity contribution in [1.82, 2.24) is 0 Å². The number of hydrogen-bond donors (Lipinski definition) is 2. The molecule has 21 heavy (non-hydrogen) atoms. The number of allylic oxidation sites excluding steroid dienone is 2. The molecule has 1 fully saturated rings. The summed E-state index contributed by atoms with van der Waals surface area (Å²) in [6.07, 6.45) is 4.29. The minimum Gasteiger partial charge on any atom is -0.481 e. The van der Waals surface area contributed by atoms with E-state index in [9.17, 15) is 23.5 Å². The highest BCUT2D eigenvalue weighted by Crippen LogP contribution is 2.48. The van der Waals surface area contributed by atoms with Gasteiger partial charge in [0.05, 0.1) is 17.5 Å². The summed E-state index contributed by atoms with van der Waals surface area (Å²) in [6.45, 7) is 0. The van der Waals surface area contributed by atoms with Gasteiger partial charge in [0.1, 0.15) is 11.6 Å². The quantitative estimate of drug-likeness (QED) is 0.841. The van der Waals surface area contributed by atoms with Crippen molar-refractivity contribution in [1.29, 1.82) is 0 Å². The number of nitrogens with one attached hydrogen (secondary N) is 1. The number of halogens is 2. The number of rotatable bonds is 3. The van der Waals surface area contributed by atoms with Gasteiger partial charge in [-0.2, -0.15) is 0 Å². The summed E-state index contributed by atoms with van der Waals surface area (Å²) in [5, 5.41) is 11.6. The number of aliphatic carboxylic acids is 1. The molecule has 0 aromatic heterocycles. The van der Waals surface area contributed by atoms with E-state index in [1.165, 1.54) is 0 Å². The maximum Gasteiger partial charge on any atom is 0.307 e. The lowest BCUT2D eigenvalue weighted by molar-refractivity contribution is -0.146. The summed E-state index contributed by atoms with van der Waals surface area (Å²) < 4.78 is 26.4. The molecule has 0 saturated heterocycles. The van der Waals surface area contributed by atoms with Crippen molar-refractivity contribution in [2.24, 2.45) is 23.7 Å². The Morgan fingerprint density at radius 3 is 2.43 bits per heavy atom. The zero-order chi connectivity index (χ0) is 15.1. The Balaban J connectivity index is 1.82. The lowest BCUT2D eigenvalue weighted by atomic mass is 9.82. The molecule has 110 valence electrons. The molecule has 4 nitrogen and oxygen atoms in total. The Morgan fingerprint density at radius 2 is 1.81 bits per heavy atom. The van der Waals surface area contributed by atoms with E-state index in [-0.39, 0.29) is 17.5 Å². The first kappa shape index (κ1) is 13.7. The van der Waals surface area contributed by atoms with Crippen LogP contribution in [-0.4, -0.2) is 17.0 Å². The highest BCUT2D eigenvalue weighted by molar-refractivity contribution is 5.96. The van der Waals surface area contributed by atoms with E-state index >= 15 is 0 Å². The molecule has 0 aliphatic heterocycles. The third-order valence-corrected chi connectivity index (χ3v) is 4.24. The number of anilines is 1. The number of carboxylic acids is 1. The number of benzene rings is 1. The van der Waals surface area contributed by atoms with Crippen molar-refractivity contribution < 1.29 is 23.5 Å². The summed E-state index contributed by atoms with van der Waals surface area (Å²) in [6, 6.07) is 2.83. The van der Waals surface area contributed by atoms with Gasteiger partial charge in [-0.1, -0.05) is 12.2 Å². The molecule has 1 aromatic rings. The van der Waals surface area contributed by atoms with Crippen molar-refractivity contribution in [3.8, 4) is 0 Å². The summed E-state index contributed by atoms with van der Waals surface area (Å²) in [7, 11) is 0. The van der Waals surface area contributed by atoms with E-state index in [0.717, 1.165) is 12.1 Å². The van der Waals surface area contributed by atoms with Crippen molar-refractivity contribution in [3.63, 3.8) is 0 Å². The van der Waals surface area contributed by atoms with Gasteiger partial charge in [-0.05, 0) is 30.4 Å². The third kappa shape index (κ3) is 2.30. The van der Waals surface area contributed by atoms with Gasteiger partial charge in [0.15, 0.2) is 0 Å². The van der Waals surface area contributed by atoms with Gasteiger partial charge in [0.2, 0.25) is 5.91 Å². The van der Waals surface area contributed by atoms with E-state index in [2.05, 4.69) is 5.32 Å². The van der Waals surface area contributed by atoms with Crippen molar-refractivity contribution in [3.05, 3.63) is 42.0 Å². The number of carbonyl (C=O) groups is 2. The van der Waals surface area contributed by atoms with Gasteiger partial charge >= 0.3 is 5.97 Å². The largest absolute Gasteiger partial charge is 0.481 e. The van der Waals surface area contributed by atoms with Crippen LogP contribution >= 0.6 is 0 Å². The van der Waals surface area contributed by atoms with Gasteiger partial charge in [-0.25, -0.2) is 8.78 Å². The standard InChI is InChI=1S/C15H13F2NO3/c16-9-3-4-11(10(17)6-9)18-14(19)12-7-1-2-8(5-7)13(12)15(20)21/h1-4,6-8,12-13H,5H2,(H,18,19)(H,20,21)/t7?,8?,12-,13+/m0/s1. The summed E-state index contributed by atoms with van der Waals surface area (Å²) in [5.74, 6) is -4.98. The monoisotopic (exact) mass is 293 g/mol. The molecule has 2 bridgehead atoms. The number of hydrogen-bond acceptors (Lipinski definition) is 2. The molecule has 1 aromatic carbocycles. The fraction of sp³-hybridized carbons (Fsp3) is 0.333. The molecule has 2 unspecified atom stereocenters. The maximum atomic E-state index is 13.6. The number of fused-ring (bicyclic) bond motifs is 2. The summed E-state index contributed by atoms with van der Waals surface area (Å²) in [4.78, 5) is 23.6. The van der Waals surface area contributed by atoms with Crippen LogP contribution in [0.2, 0.25) is 0 Å².